The molecule has 3 unspecified atom stereocenters. The number of anilines is 1. The third kappa shape index (κ3) is 3.06. The molecule has 2 aliphatic rings. The second-order valence-electron chi connectivity index (χ2n) is 5.73. The Labute approximate surface area is 129 Å². The molecule has 0 aromatic carbocycles. The highest BCUT2D eigenvalue weighted by molar-refractivity contribution is 7.15. The average molecular weight is 310 g/mol. The second-order valence-corrected chi connectivity index (χ2v) is 6.81. The Morgan fingerprint density at radius 1 is 1.57 bits per heavy atom. The first-order chi connectivity index (χ1) is 10.2. The summed E-state index contributed by atoms with van der Waals surface area (Å²) in [7, 11) is 0. The highest BCUT2D eigenvalue weighted by Gasteiger charge is 2.34. The van der Waals surface area contributed by atoms with E-state index in [0.717, 1.165) is 43.3 Å². The molecule has 0 amide bonds. The van der Waals surface area contributed by atoms with E-state index in [1.54, 1.807) is 11.3 Å². The Morgan fingerprint density at radius 3 is 3.14 bits per heavy atom. The van der Waals surface area contributed by atoms with Crippen molar-refractivity contribution in [1.29, 1.82) is 0 Å². The summed E-state index contributed by atoms with van der Waals surface area (Å²) >= 11 is 1.68. The summed E-state index contributed by atoms with van der Waals surface area (Å²) in [5.41, 5.74) is 0.927. The first-order valence-electron chi connectivity index (χ1n) is 7.69. The number of nitrogens with one attached hydrogen (secondary N) is 1. The van der Waals surface area contributed by atoms with Crippen LogP contribution in [-0.2, 0) is 20.7 Å². The van der Waals surface area contributed by atoms with Crippen LogP contribution in [0, 0.1) is 5.92 Å². The van der Waals surface area contributed by atoms with Crippen molar-refractivity contribution in [2.24, 2.45) is 5.92 Å². The topological polar surface area (TPSA) is 60.5 Å². The SMILES string of the molecule is CCOC(=O)C1CCc2sc(NC(C)C3CCOC3)nc21. The molecule has 116 valence electrons. The Morgan fingerprint density at radius 2 is 2.43 bits per heavy atom. The van der Waals surface area contributed by atoms with Gasteiger partial charge in [0.1, 0.15) is 5.92 Å². The van der Waals surface area contributed by atoms with E-state index in [2.05, 4.69) is 17.2 Å². The van der Waals surface area contributed by atoms with Crippen LogP contribution < -0.4 is 5.32 Å². The number of carbonyl (C=O) groups is 1. The molecule has 21 heavy (non-hydrogen) atoms. The van der Waals surface area contributed by atoms with Crippen molar-refractivity contribution in [3.63, 3.8) is 0 Å². The molecule has 0 spiro atoms. The Hall–Kier alpha value is -1.14. The number of hydrogen-bond acceptors (Lipinski definition) is 6. The van der Waals surface area contributed by atoms with Crippen LogP contribution >= 0.6 is 11.3 Å². The summed E-state index contributed by atoms with van der Waals surface area (Å²) in [4.78, 5) is 17.8. The molecule has 0 saturated carbocycles. The van der Waals surface area contributed by atoms with Crippen molar-refractivity contribution < 1.29 is 14.3 Å². The molecule has 3 rings (SSSR count). The molecular formula is C15H22N2O3S. The van der Waals surface area contributed by atoms with E-state index in [1.165, 1.54) is 4.88 Å². The first kappa shape index (κ1) is 14.8. The third-order valence-electron chi connectivity index (χ3n) is 4.31. The van der Waals surface area contributed by atoms with E-state index in [0.29, 0.717) is 18.6 Å². The molecule has 1 fully saturated rings. The molecular weight excluding hydrogens is 288 g/mol. The minimum Gasteiger partial charge on any atom is -0.465 e. The summed E-state index contributed by atoms with van der Waals surface area (Å²) in [5.74, 6) is 0.242. The number of aryl methyl sites for hydroxylation is 1. The number of fused-ring (bicyclic) bond motifs is 1. The number of esters is 1. The first-order valence-corrected chi connectivity index (χ1v) is 8.51. The second kappa shape index (κ2) is 6.32. The molecule has 0 bridgehead atoms. The number of rotatable bonds is 5. The van der Waals surface area contributed by atoms with E-state index in [4.69, 9.17) is 9.47 Å². The minimum absolute atomic E-state index is 0.134. The van der Waals surface area contributed by atoms with Gasteiger partial charge < -0.3 is 14.8 Å². The summed E-state index contributed by atoms with van der Waals surface area (Å²) in [6, 6.07) is 0.347. The summed E-state index contributed by atoms with van der Waals surface area (Å²) < 4.78 is 10.6. The summed E-state index contributed by atoms with van der Waals surface area (Å²) in [5, 5.41) is 4.40. The van der Waals surface area contributed by atoms with Crippen molar-refractivity contribution in [2.75, 3.05) is 25.1 Å². The van der Waals surface area contributed by atoms with Gasteiger partial charge in [-0.25, -0.2) is 4.98 Å². The normalized spacial score (nSPS) is 25.6. The summed E-state index contributed by atoms with van der Waals surface area (Å²) in [6.45, 7) is 6.13. The van der Waals surface area contributed by atoms with Gasteiger partial charge in [0, 0.05) is 23.4 Å². The maximum absolute atomic E-state index is 12.0. The van der Waals surface area contributed by atoms with Crippen LogP contribution in [-0.4, -0.2) is 36.8 Å². The Bertz CT molecular complexity index is 511. The van der Waals surface area contributed by atoms with Crippen molar-refractivity contribution in [2.45, 2.75) is 45.1 Å². The molecule has 1 N–H and O–H groups in total. The fourth-order valence-electron chi connectivity index (χ4n) is 3.02. The number of ether oxygens (including phenoxy) is 2. The maximum Gasteiger partial charge on any atom is 0.315 e. The van der Waals surface area contributed by atoms with Crippen LogP contribution in [0.4, 0.5) is 5.13 Å². The number of thiazole rings is 1. The quantitative estimate of drug-likeness (QED) is 0.847. The van der Waals surface area contributed by atoms with Crippen LogP contribution in [0.5, 0.6) is 0 Å². The Kier molecular flexibility index (Phi) is 4.45. The van der Waals surface area contributed by atoms with Gasteiger partial charge in [0.05, 0.1) is 18.9 Å². The number of aromatic nitrogens is 1. The monoisotopic (exact) mass is 310 g/mol. The third-order valence-corrected chi connectivity index (χ3v) is 5.37. The van der Waals surface area contributed by atoms with Crippen LogP contribution in [0.2, 0.25) is 0 Å². The maximum atomic E-state index is 12.0. The van der Waals surface area contributed by atoms with Gasteiger partial charge in [-0.3, -0.25) is 4.79 Å². The van der Waals surface area contributed by atoms with E-state index in [-0.39, 0.29) is 11.9 Å². The van der Waals surface area contributed by atoms with Crippen LogP contribution in [0.3, 0.4) is 0 Å². The van der Waals surface area contributed by atoms with E-state index in [1.807, 2.05) is 6.92 Å². The zero-order valence-corrected chi connectivity index (χ0v) is 13.4. The van der Waals surface area contributed by atoms with Gasteiger partial charge in [-0.05, 0) is 33.1 Å². The molecule has 1 saturated heterocycles. The van der Waals surface area contributed by atoms with Crippen molar-refractivity contribution in [3.05, 3.63) is 10.6 Å². The lowest BCUT2D eigenvalue weighted by molar-refractivity contribution is -0.145. The minimum atomic E-state index is -0.170. The Balaban J connectivity index is 1.67. The van der Waals surface area contributed by atoms with Crippen molar-refractivity contribution in [1.82, 2.24) is 4.98 Å². The number of carbonyl (C=O) groups excluding carboxylic acids is 1. The molecule has 1 aliphatic heterocycles. The molecule has 3 atom stereocenters. The fourth-order valence-corrected chi connectivity index (χ4v) is 4.16. The van der Waals surface area contributed by atoms with Gasteiger partial charge in [-0.2, -0.15) is 0 Å². The van der Waals surface area contributed by atoms with Gasteiger partial charge in [-0.1, -0.05) is 0 Å². The van der Waals surface area contributed by atoms with Gasteiger partial charge in [0.2, 0.25) is 0 Å². The van der Waals surface area contributed by atoms with E-state index < -0.39 is 0 Å². The standard InChI is InChI=1S/C15H22N2O3S/c1-3-20-14(18)11-4-5-12-13(11)17-15(21-12)16-9(2)10-6-7-19-8-10/h9-11H,3-8H2,1-2H3,(H,16,17). The summed E-state index contributed by atoms with van der Waals surface area (Å²) in [6.07, 6.45) is 2.86. The molecule has 2 heterocycles. The lowest BCUT2D eigenvalue weighted by Gasteiger charge is -2.18. The molecule has 1 aromatic rings. The highest BCUT2D eigenvalue weighted by atomic mass is 32.1. The van der Waals surface area contributed by atoms with Gasteiger partial charge in [0.15, 0.2) is 5.13 Å². The smallest absolute Gasteiger partial charge is 0.315 e. The lowest BCUT2D eigenvalue weighted by Crippen LogP contribution is -2.26. The fraction of sp³-hybridized carbons (Fsp3) is 0.733. The van der Waals surface area contributed by atoms with Gasteiger partial charge >= 0.3 is 5.97 Å². The van der Waals surface area contributed by atoms with Crippen LogP contribution in [0.25, 0.3) is 0 Å². The van der Waals surface area contributed by atoms with Gasteiger partial charge in [-0.15, -0.1) is 11.3 Å². The zero-order valence-electron chi connectivity index (χ0n) is 12.6. The molecule has 6 heteroatoms. The van der Waals surface area contributed by atoms with E-state index >= 15 is 0 Å². The van der Waals surface area contributed by atoms with Crippen molar-refractivity contribution in [3.8, 4) is 0 Å². The highest BCUT2D eigenvalue weighted by Crippen LogP contribution is 2.39. The number of hydrogen-bond donors (Lipinski definition) is 1. The van der Waals surface area contributed by atoms with Crippen molar-refractivity contribution >= 4 is 22.4 Å². The average Bonchev–Trinajstić information content (AvgIpc) is 3.14. The predicted octanol–water partition coefficient (Wildman–Crippen LogP) is 2.57. The van der Waals surface area contributed by atoms with Crippen LogP contribution in [0.15, 0.2) is 0 Å². The molecule has 1 aromatic heterocycles. The molecule has 0 radical (unpaired) electrons. The predicted molar refractivity (Wildman–Crippen MR) is 81.8 cm³/mol. The van der Waals surface area contributed by atoms with E-state index in [9.17, 15) is 4.79 Å². The molecule has 5 nitrogen and oxygen atoms in total. The van der Waals surface area contributed by atoms with Crippen LogP contribution in [0.1, 0.15) is 43.2 Å². The number of nitrogens with zero attached hydrogens (tertiary/aromatic N) is 1. The lowest BCUT2D eigenvalue weighted by atomic mass is 10.0. The largest absolute Gasteiger partial charge is 0.465 e. The zero-order chi connectivity index (χ0) is 14.8. The molecule has 1 aliphatic carbocycles. The van der Waals surface area contributed by atoms with Gasteiger partial charge in [0.25, 0.3) is 0 Å².